The molecule has 2 rings (SSSR count). The van der Waals surface area contributed by atoms with Crippen LogP contribution < -0.4 is 0 Å². The molecule has 0 unspecified atom stereocenters. The van der Waals surface area contributed by atoms with E-state index in [0.29, 0.717) is 25.9 Å². The van der Waals surface area contributed by atoms with Crippen molar-refractivity contribution >= 4 is 15.9 Å². The van der Waals surface area contributed by atoms with Gasteiger partial charge in [0, 0.05) is 32.1 Å². The number of likely N-dealkylation sites (tertiary alicyclic amines) is 1. The van der Waals surface area contributed by atoms with Gasteiger partial charge < -0.3 is 4.90 Å². The van der Waals surface area contributed by atoms with Crippen molar-refractivity contribution < 1.29 is 13.2 Å². The molecule has 0 aromatic heterocycles. The molecule has 110 valence electrons. The Labute approximate surface area is 116 Å². The Morgan fingerprint density at radius 1 is 0.947 bits per heavy atom. The maximum atomic E-state index is 12.4. The average molecular weight is 288 g/mol. The smallest absolute Gasteiger partial charge is 0.225 e. The Bertz CT molecular complexity index is 406. The SMILES string of the molecule is CS(=O)(=O)N1CCC(C(=O)N2CCCCCC2)CC1. The zero-order valence-corrected chi connectivity index (χ0v) is 12.5. The minimum absolute atomic E-state index is 0.0242. The molecular weight excluding hydrogens is 264 g/mol. The molecule has 5 nitrogen and oxygen atoms in total. The molecule has 19 heavy (non-hydrogen) atoms. The normalized spacial score (nSPS) is 24.2. The Morgan fingerprint density at radius 2 is 1.47 bits per heavy atom. The number of hydrogen-bond acceptors (Lipinski definition) is 3. The molecule has 0 N–H and O–H groups in total. The summed E-state index contributed by atoms with van der Waals surface area (Å²) >= 11 is 0. The summed E-state index contributed by atoms with van der Waals surface area (Å²) in [5, 5.41) is 0. The highest BCUT2D eigenvalue weighted by atomic mass is 32.2. The van der Waals surface area contributed by atoms with Gasteiger partial charge >= 0.3 is 0 Å². The lowest BCUT2D eigenvalue weighted by molar-refractivity contribution is -0.136. The molecule has 6 heteroatoms. The minimum atomic E-state index is -3.10. The van der Waals surface area contributed by atoms with Crippen molar-refractivity contribution in [1.82, 2.24) is 9.21 Å². The summed E-state index contributed by atoms with van der Waals surface area (Å²) in [5.74, 6) is 0.270. The predicted molar refractivity (Wildman–Crippen MR) is 74.2 cm³/mol. The number of carbonyl (C=O) groups is 1. The molecule has 2 aliphatic rings. The van der Waals surface area contributed by atoms with E-state index < -0.39 is 10.0 Å². The molecule has 0 aromatic rings. The Kier molecular flexibility index (Phi) is 4.84. The van der Waals surface area contributed by atoms with E-state index >= 15 is 0 Å². The van der Waals surface area contributed by atoms with Crippen molar-refractivity contribution in [3.63, 3.8) is 0 Å². The van der Waals surface area contributed by atoms with Crippen molar-refractivity contribution in [2.45, 2.75) is 38.5 Å². The fourth-order valence-electron chi connectivity index (χ4n) is 2.98. The van der Waals surface area contributed by atoms with Crippen LogP contribution in [0, 0.1) is 5.92 Å². The van der Waals surface area contributed by atoms with Crippen molar-refractivity contribution in [2.75, 3.05) is 32.4 Å². The third-order valence-electron chi connectivity index (χ3n) is 4.19. The maximum Gasteiger partial charge on any atom is 0.225 e. The van der Waals surface area contributed by atoms with Gasteiger partial charge in [-0.3, -0.25) is 4.79 Å². The molecule has 0 aromatic carbocycles. The quantitative estimate of drug-likeness (QED) is 0.763. The van der Waals surface area contributed by atoms with Gasteiger partial charge in [-0.25, -0.2) is 12.7 Å². The number of carbonyl (C=O) groups excluding carboxylic acids is 1. The van der Waals surface area contributed by atoms with Gasteiger partial charge in [0.05, 0.1) is 6.26 Å². The van der Waals surface area contributed by atoms with E-state index in [-0.39, 0.29) is 11.8 Å². The highest BCUT2D eigenvalue weighted by molar-refractivity contribution is 7.88. The van der Waals surface area contributed by atoms with Crippen LogP contribution in [0.1, 0.15) is 38.5 Å². The summed E-state index contributed by atoms with van der Waals surface area (Å²) in [6.07, 6.45) is 7.23. The lowest BCUT2D eigenvalue weighted by Gasteiger charge is -2.32. The van der Waals surface area contributed by atoms with Crippen LogP contribution in [0.2, 0.25) is 0 Å². The molecule has 0 saturated carbocycles. The van der Waals surface area contributed by atoms with Crippen LogP contribution >= 0.6 is 0 Å². The van der Waals surface area contributed by atoms with Crippen LogP contribution in [0.5, 0.6) is 0 Å². The number of amides is 1. The first-order valence-corrected chi connectivity index (χ1v) is 9.07. The first kappa shape index (κ1) is 14.8. The van der Waals surface area contributed by atoms with Gasteiger partial charge in [-0.15, -0.1) is 0 Å². The van der Waals surface area contributed by atoms with Gasteiger partial charge in [0.15, 0.2) is 0 Å². The fraction of sp³-hybridized carbons (Fsp3) is 0.923. The average Bonchev–Trinajstić information content (AvgIpc) is 2.66. The Hall–Kier alpha value is -0.620. The lowest BCUT2D eigenvalue weighted by atomic mass is 9.96. The van der Waals surface area contributed by atoms with Crippen molar-refractivity contribution in [3.8, 4) is 0 Å². The summed E-state index contributed by atoms with van der Waals surface area (Å²) in [6.45, 7) is 2.74. The van der Waals surface area contributed by atoms with E-state index in [1.54, 1.807) is 0 Å². The molecule has 2 saturated heterocycles. The second-order valence-corrected chi connectivity index (χ2v) is 7.66. The van der Waals surface area contributed by atoms with Gasteiger partial charge in [0.1, 0.15) is 0 Å². The van der Waals surface area contributed by atoms with Crippen molar-refractivity contribution in [3.05, 3.63) is 0 Å². The summed E-state index contributed by atoms with van der Waals surface area (Å²) in [6, 6.07) is 0. The largest absolute Gasteiger partial charge is 0.342 e. The molecule has 2 fully saturated rings. The molecule has 0 radical (unpaired) electrons. The first-order valence-electron chi connectivity index (χ1n) is 7.22. The van der Waals surface area contributed by atoms with Gasteiger partial charge in [0.2, 0.25) is 15.9 Å². The van der Waals surface area contributed by atoms with Crippen LogP contribution in [-0.4, -0.2) is 56.0 Å². The van der Waals surface area contributed by atoms with Crippen LogP contribution in [0.4, 0.5) is 0 Å². The zero-order chi connectivity index (χ0) is 13.9. The molecule has 0 atom stereocenters. The molecule has 0 bridgehead atoms. The summed E-state index contributed by atoms with van der Waals surface area (Å²) in [5.41, 5.74) is 0. The van der Waals surface area contributed by atoms with Crippen LogP contribution in [-0.2, 0) is 14.8 Å². The van der Waals surface area contributed by atoms with Crippen LogP contribution in [0.3, 0.4) is 0 Å². The monoisotopic (exact) mass is 288 g/mol. The highest BCUT2D eigenvalue weighted by Gasteiger charge is 2.31. The van der Waals surface area contributed by atoms with E-state index in [2.05, 4.69) is 0 Å². The van der Waals surface area contributed by atoms with E-state index in [0.717, 1.165) is 25.9 Å². The summed E-state index contributed by atoms with van der Waals surface area (Å²) in [7, 11) is -3.10. The first-order chi connectivity index (χ1) is 8.98. The molecule has 2 heterocycles. The molecule has 1 amide bonds. The molecule has 0 aliphatic carbocycles. The van der Waals surface area contributed by atoms with E-state index in [9.17, 15) is 13.2 Å². The second kappa shape index (κ2) is 6.22. The Morgan fingerprint density at radius 3 is 1.95 bits per heavy atom. The molecule has 0 spiro atoms. The number of piperidine rings is 1. The summed E-state index contributed by atoms with van der Waals surface area (Å²) < 4.78 is 24.4. The van der Waals surface area contributed by atoms with Gasteiger partial charge in [-0.05, 0) is 25.7 Å². The molecular formula is C13H24N2O3S. The van der Waals surface area contributed by atoms with Crippen LogP contribution in [0.25, 0.3) is 0 Å². The summed E-state index contributed by atoms with van der Waals surface area (Å²) in [4.78, 5) is 14.4. The van der Waals surface area contributed by atoms with E-state index in [1.807, 2.05) is 4.90 Å². The fourth-order valence-corrected chi connectivity index (χ4v) is 3.86. The van der Waals surface area contributed by atoms with Crippen molar-refractivity contribution in [1.29, 1.82) is 0 Å². The van der Waals surface area contributed by atoms with Crippen molar-refractivity contribution in [2.24, 2.45) is 5.92 Å². The minimum Gasteiger partial charge on any atom is -0.342 e. The highest BCUT2D eigenvalue weighted by Crippen LogP contribution is 2.22. The third kappa shape index (κ3) is 3.92. The van der Waals surface area contributed by atoms with E-state index in [4.69, 9.17) is 0 Å². The Balaban J connectivity index is 1.88. The predicted octanol–water partition coefficient (Wildman–Crippen LogP) is 1.06. The molecule has 2 aliphatic heterocycles. The number of sulfonamides is 1. The van der Waals surface area contributed by atoms with Gasteiger partial charge in [0.25, 0.3) is 0 Å². The second-order valence-electron chi connectivity index (χ2n) is 5.68. The third-order valence-corrected chi connectivity index (χ3v) is 5.49. The number of rotatable bonds is 2. The number of nitrogens with zero attached hydrogens (tertiary/aromatic N) is 2. The van der Waals surface area contributed by atoms with Crippen LogP contribution in [0.15, 0.2) is 0 Å². The van der Waals surface area contributed by atoms with Gasteiger partial charge in [-0.1, -0.05) is 12.8 Å². The standard InChI is InChI=1S/C13H24N2O3S/c1-19(17,18)15-10-6-12(7-11-15)13(16)14-8-4-2-3-5-9-14/h12H,2-11H2,1H3. The maximum absolute atomic E-state index is 12.4. The van der Waals surface area contributed by atoms with Gasteiger partial charge in [-0.2, -0.15) is 0 Å². The number of hydrogen-bond donors (Lipinski definition) is 0. The zero-order valence-electron chi connectivity index (χ0n) is 11.7. The topological polar surface area (TPSA) is 57.7 Å². The lowest BCUT2D eigenvalue weighted by Crippen LogP contribution is -2.44. The van der Waals surface area contributed by atoms with E-state index in [1.165, 1.54) is 23.4 Å².